The highest BCUT2D eigenvalue weighted by Gasteiger charge is 2.91. The van der Waals surface area contributed by atoms with Crippen molar-refractivity contribution in [3.63, 3.8) is 0 Å². The van der Waals surface area contributed by atoms with Crippen molar-refractivity contribution in [2.24, 2.45) is 28.6 Å². The molecule has 3 spiro atoms. The van der Waals surface area contributed by atoms with Gasteiger partial charge in [-0.05, 0) is 42.6 Å². The number of aliphatic hydroxyl groups excluding tert-OH is 2. The van der Waals surface area contributed by atoms with Crippen molar-refractivity contribution in [1.82, 2.24) is 4.90 Å². The van der Waals surface area contributed by atoms with Crippen LogP contribution in [-0.4, -0.2) is 68.1 Å². The van der Waals surface area contributed by atoms with Gasteiger partial charge in [-0.15, -0.1) is 0 Å². The van der Waals surface area contributed by atoms with E-state index in [1.807, 2.05) is 13.8 Å². The molecule has 7 heteroatoms. The van der Waals surface area contributed by atoms with Crippen molar-refractivity contribution in [3.05, 3.63) is 12.2 Å². The Morgan fingerprint density at radius 1 is 1.17 bits per heavy atom. The summed E-state index contributed by atoms with van der Waals surface area (Å²) in [6.07, 6.45) is 0.763. The van der Waals surface area contributed by atoms with Gasteiger partial charge in [-0.1, -0.05) is 20.4 Å². The molecule has 6 aliphatic rings. The summed E-state index contributed by atoms with van der Waals surface area (Å²) < 4.78 is 6.38. The lowest BCUT2D eigenvalue weighted by molar-refractivity contribution is -0.417. The molecule has 30 heavy (non-hydrogen) atoms. The fourth-order valence-corrected chi connectivity index (χ4v) is 8.83. The number of Topliss-reactive ketones (excluding diaryl/α,β-unsaturated/α-hetero) is 1. The van der Waals surface area contributed by atoms with E-state index >= 15 is 0 Å². The number of carbonyl (C=O) groups is 2. The summed E-state index contributed by atoms with van der Waals surface area (Å²) >= 11 is 0. The highest BCUT2D eigenvalue weighted by molar-refractivity contribution is 6.05. The molecule has 0 aromatic heterocycles. The molecule has 3 saturated carbocycles. The Bertz CT molecular complexity index is 915. The van der Waals surface area contributed by atoms with Crippen LogP contribution < -0.4 is 0 Å². The average Bonchev–Trinajstić information content (AvgIpc) is 3.29. The maximum Gasteiger partial charge on any atom is 0.222 e. The first kappa shape index (κ1) is 19.4. The van der Waals surface area contributed by atoms with E-state index in [0.717, 1.165) is 0 Å². The Labute approximate surface area is 176 Å². The van der Waals surface area contributed by atoms with Gasteiger partial charge in [0.1, 0.15) is 11.5 Å². The Hall–Kier alpha value is -1.28. The van der Waals surface area contributed by atoms with Crippen LogP contribution in [0.1, 0.15) is 52.4 Å². The Morgan fingerprint density at radius 2 is 1.87 bits per heavy atom. The Balaban J connectivity index is 1.60. The molecule has 9 atom stereocenters. The van der Waals surface area contributed by atoms with Crippen LogP contribution in [0.25, 0.3) is 0 Å². The number of amides is 1. The van der Waals surface area contributed by atoms with Crippen LogP contribution >= 0.6 is 0 Å². The highest BCUT2D eigenvalue weighted by atomic mass is 16.7. The quantitative estimate of drug-likeness (QED) is 0.503. The van der Waals surface area contributed by atoms with Crippen molar-refractivity contribution in [2.45, 2.75) is 81.5 Å². The van der Waals surface area contributed by atoms with Crippen molar-refractivity contribution in [1.29, 1.82) is 0 Å². The van der Waals surface area contributed by atoms with E-state index in [0.29, 0.717) is 44.1 Å². The molecule has 3 heterocycles. The summed E-state index contributed by atoms with van der Waals surface area (Å²) in [5.74, 6) is -3.72. The van der Waals surface area contributed by atoms with Gasteiger partial charge in [0.15, 0.2) is 5.78 Å². The third-order valence-electron chi connectivity index (χ3n) is 10.2. The predicted molar refractivity (Wildman–Crippen MR) is 105 cm³/mol. The Kier molecular flexibility index (Phi) is 3.25. The molecule has 7 nitrogen and oxygen atoms in total. The molecule has 3 N–H and O–H groups in total. The standard InChI is InChI=1S/C23H31NO6/c1-11-13-6-5-12-9-20-10-21(20)15(19(2,3)8-7-14(25)24(21)4)18(28)23(29,30-20)22(12,16(11)26)17(13)27/h12-13,15,17-18,27-29H,1,5-10H2,2-4H3/t12-,13+,15-,17?,18+,20+,21-,22?,23-/m1/s1. The zero-order chi connectivity index (χ0) is 21.6. The molecule has 1 amide bonds. The van der Waals surface area contributed by atoms with Crippen LogP contribution in [0.2, 0.25) is 0 Å². The molecular formula is C23H31NO6. The van der Waals surface area contributed by atoms with Gasteiger partial charge in [0.05, 0.1) is 17.2 Å². The van der Waals surface area contributed by atoms with Gasteiger partial charge in [0, 0.05) is 31.7 Å². The van der Waals surface area contributed by atoms with Gasteiger partial charge < -0.3 is 25.0 Å². The van der Waals surface area contributed by atoms with Gasteiger partial charge in [-0.25, -0.2) is 0 Å². The number of likely N-dealkylation sites (tertiary alicyclic amines) is 1. The molecular weight excluding hydrogens is 386 g/mol. The van der Waals surface area contributed by atoms with E-state index in [9.17, 15) is 24.9 Å². The number of ether oxygens (including phenoxy) is 1. The monoisotopic (exact) mass is 417 g/mol. The number of hydrogen-bond acceptors (Lipinski definition) is 6. The van der Waals surface area contributed by atoms with Gasteiger partial charge in [0.25, 0.3) is 0 Å². The fraction of sp³-hybridized carbons (Fsp3) is 0.826. The summed E-state index contributed by atoms with van der Waals surface area (Å²) in [4.78, 5) is 28.2. The van der Waals surface area contributed by atoms with E-state index in [1.54, 1.807) is 11.9 Å². The molecule has 0 radical (unpaired) electrons. The van der Waals surface area contributed by atoms with E-state index in [1.165, 1.54) is 0 Å². The largest absolute Gasteiger partial charge is 0.391 e. The normalized spacial score (nSPS) is 58.0. The number of likely N-dealkylation sites (N-methyl/N-ethyl adjacent to an activating group) is 1. The zero-order valence-corrected chi connectivity index (χ0v) is 17.9. The Morgan fingerprint density at radius 3 is 2.57 bits per heavy atom. The number of aliphatic hydroxyl groups is 3. The predicted octanol–water partition coefficient (Wildman–Crippen LogP) is 0.758. The van der Waals surface area contributed by atoms with Crippen molar-refractivity contribution in [2.75, 3.05) is 7.05 Å². The topological polar surface area (TPSA) is 107 Å². The van der Waals surface area contributed by atoms with Crippen LogP contribution in [0, 0.1) is 28.6 Å². The van der Waals surface area contributed by atoms with Gasteiger partial charge >= 0.3 is 0 Å². The SMILES string of the molecule is C=C1C(=O)C23C(O)[C@H]1CC[C@@H]2C[C@]12C[C@@]14[C@H]([C@H](O)[C@@]3(O)O2)C(C)(C)CCC(=O)N4C. The number of ketones is 1. The molecule has 164 valence electrons. The van der Waals surface area contributed by atoms with Crippen molar-refractivity contribution < 1.29 is 29.6 Å². The average molecular weight is 418 g/mol. The second-order valence-electron chi connectivity index (χ2n) is 11.5. The lowest BCUT2D eigenvalue weighted by Gasteiger charge is -2.65. The second kappa shape index (κ2) is 5.03. The molecule has 4 bridgehead atoms. The van der Waals surface area contributed by atoms with Gasteiger partial charge in [-0.2, -0.15) is 0 Å². The molecule has 6 rings (SSSR count). The summed E-state index contributed by atoms with van der Waals surface area (Å²) in [5.41, 5.74) is -3.20. The lowest BCUT2D eigenvalue weighted by atomic mass is 9.50. The van der Waals surface area contributed by atoms with Crippen LogP contribution in [-0.2, 0) is 14.3 Å². The first-order valence-corrected chi connectivity index (χ1v) is 11.2. The minimum atomic E-state index is -2.19. The van der Waals surface area contributed by atoms with Crippen molar-refractivity contribution in [3.8, 4) is 0 Å². The first-order chi connectivity index (χ1) is 13.9. The number of rotatable bonds is 0. The van der Waals surface area contributed by atoms with Crippen LogP contribution in [0.3, 0.4) is 0 Å². The number of fused-ring (bicyclic) bond motifs is 2. The summed E-state index contributed by atoms with van der Waals surface area (Å²) in [6.45, 7) is 7.99. The van der Waals surface area contributed by atoms with Crippen LogP contribution in [0.5, 0.6) is 0 Å². The molecule has 2 unspecified atom stereocenters. The molecule has 6 fully saturated rings. The molecule has 0 aromatic rings. The highest BCUT2D eigenvalue weighted by Crippen LogP contribution is 2.79. The maximum absolute atomic E-state index is 13.6. The van der Waals surface area contributed by atoms with E-state index < -0.39 is 51.8 Å². The smallest absolute Gasteiger partial charge is 0.222 e. The molecule has 3 aliphatic carbocycles. The number of nitrogens with zero attached hydrogens (tertiary/aromatic N) is 1. The van der Waals surface area contributed by atoms with E-state index in [-0.39, 0.29) is 17.6 Å². The van der Waals surface area contributed by atoms with Crippen LogP contribution in [0.15, 0.2) is 12.2 Å². The third-order valence-corrected chi connectivity index (χ3v) is 10.2. The number of carbonyl (C=O) groups excluding carboxylic acids is 2. The van der Waals surface area contributed by atoms with Gasteiger partial charge in [-0.3, -0.25) is 9.59 Å². The minimum absolute atomic E-state index is 0.0260. The third kappa shape index (κ3) is 1.61. The summed E-state index contributed by atoms with van der Waals surface area (Å²) in [6, 6.07) is 0. The molecule has 0 aromatic carbocycles. The zero-order valence-electron chi connectivity index (χ0n) is 17.9. The fourth-order valence-electron chi connectivity index (χ4n) is 8.83. The minimum Gasteiger partial charge on any atom is -0.391 e. The summed E-state index contributed by atoms with van der Waals surface area (Å²) in [5, 5.41) is 35.2. The van der Waals surface area contributed by atoms with Crippen molar-refractivity contribution >= 4 is 11.7 Å². The van der Waals surface area contributed by atoms with E-state index in [4.69, 9.17) is 4.74 Å². The number of hydrogen-bond donors (Lipinski definition) is 3. The van der Waals surface area contributed by atoms with Crippen LogP contribution in [0.4, 0.5) is 0 Å². The summed E-state index contributed by atoms with van der Waals surface area (Å²) in [7, 11) is 1.78. The molecule has 3 saturated heterocycles. The first-order valence-electron chi connectivity index (χ1n) is 11.2. The van der Waals surface area contributed by atoms with Gasteiger partial charge in [0.2, 0.25) is 11.7 Å². The molecule has 3 aliphatic heterocycles. The maximum atomic E-state index is 13.6. The second-order valence-corrected chi connectivity index (χ2v) is 11.5. The lowest BCUT2D eigenvalue weighted by Crippen LogP contribution is -2.79. The van der Waals surface area contributed by atoms with E-state index in [2.05, 4.69) is 6.58 Å².